The molecule has 0 fully saturated rings. The van der Waals surface area contributed by atoms with Crippen LogP contribution in [-0.4, -0.2) is 20.6 Å². The van der Waals surface area contributed by atoms with Gasteiger partial charge in [0.05, 0.1) is 11.0 Å². The van der Waals surface area contributed by atoms with Crippen LogP contribution in [0.5, 0.6) is 0 Å². The summed E-state index contributed by atoms with van der Waals surface area (Å²) in [5.74, 6) is -0.00546. The van der Waals surface area contributed by atoms with Crippen molar-refractivity contribution < 1.29 is 9.90 Å². The number of aryl methyl sites for hydroxylation is 1. The monoisotopic (exact) mass is 246 g/mol. The van der Waals surface area contributed by atoms with E-state index in [1.54, 1.807) is 13.8 Å². The molecule has 4 nitrogen and oxygen atoms in total. The molecule has 0 aliphatic heterocycles. The Kier molecular flexibility index (Phi) is 3.11. The molecule has 0 atom stereocenters. The van der Waals surface area contributed by atoms with Crippen molar-refractivity contribution in [2.75, 3.05) is 0 Å². The topological polar surface area (TPSA) is 55.1 Å². The van der Waals surface area contributed by atoms with Gasteiger partial charge in [0.1, 0.15) is 11.4 Å². The fourth-order valence-electron chi connectivity index (χ4n) is 2.19. The Bertz CT molecular complexity index is 584. The van der Waals surface area contributed by atoms with Crippen molar-refractivity contribution >= 4 is 17.0 Å². The molecule has 0 saturated carbocycles. The number of benzene rings is 1. The van der Waals surface area contributed by atoms with Crippen molar-refractivity contribution in [3.8, 4) is 0 Å². The largest absolute Gasteiger partial charge is 0.480 e. The Labute approximate surface area is 106 Å². The minimum atomic E-state index is -0.986. The smallest absolute Gasteiger partial charge is 0.329 e. The van der Waals surface area contributed by atoms with Crippen LogP contribution in [0.3, 0.4) is 0 Å². The van der Waals surface area contributed by atoms with Crippen molar-refractivity contribution in [1.82, 2.24) is 9.55 Å². The highest BCUT2D eigenvalue weighted by atomic mass is 16.4. The third kappa shape index (κ3) is 1.88. The number of hydrogen-bond donors (Lipinski definition) is 1. The van der Waals surface area contributed by atoms with E-state index < -0.39 is 11.5 Å². The van der Waals surface area contributed by atoms with Gasteiger partial charge in [-0.05, 0) is 32.4 Å². The summed E-state index contributed by atoms with van der Waals surface area (Å²) in [4.78, 5) is 16.0. The van der Waals surface area contributed by atoms with E-state index in [0.29, 0.717) is 0 Å². The number of carboxylic acid groups (broad SMARTS) is 1. The summed E-state index contributed by atoms with van der Waals surface area (Å²) in [5, 5.41) is 9.42. The van der Waals surface area contributed by atoms with Crippen LogP contribution in [0.2, 0.25) is 0 Å². The number of imidazole rings is 1. The van der Waals surface area contributed by atoms with Crippen LogP contribution in [0.4, 0.5) is 0 Å². The van der Waals surface area contributed by atoms with Gasteiger partial charge in [-0.1, -0.05) is 19.1 Å². The predicted octanol–water partition coefficient (Wildman–Crippen LogP) is 2.81. The fourth-order valence-corrected chi connectivity index (χ4v) is 2.19. The molecule has 0 radical (unpaired) electrons. The first-order valence-electron chi connectivity index (χ1n) is 6.18. The van der Waals surface area contributed by atoms with E-state index in [-0.39, 0.29) is 0 Å². The molecule has 2 aromatic rings. The van der Waals surface area contributed by atoms with Crippen molar-refractivity contribution in [3.05, 3.63) is 30.1 Å². The molecular formula is C14H18N2O2. The molecule has 1 aromatic carbocycles. The maximum Gasteiger partial charge on any atom is 0.329 e. The second kappa shape index (κ2) is 4.44. The highest BCUT2D eigenvalue weighted by molar-refractivity contribution is 5.82. The summed E-state index contributed by atoms with van der Waals surface area (Å²) in [6.07, 6.45) is 1.73. The molecule has 1 aromatic heterocycles. The minimum absolute atomic E-state index is 0.783. The average Bonchev–Trinajstić information content (AvgIpc) is 2.67. The molecule has 2 rings (SSSR count). The van der Waals surface area contributed by atoms with Gasteiger partial charge in [-0.25, -0.2) is 9.78 Å². The van der Waals surface area contributed by atoms with E-state index in [1.165, 1.54) is 0 Å². The normalized spacial score (nSPS) is 11.9. The van der Waals surface area contributed by atoms with E-state index in [0.717, 1.165) is 29.7 Å². The van der Waals surface area contributed by atoms with Crippen molar-refractivity contribution in [1.29, 1.82) is 0 Å². The maximum absolute atomic E-state index is 11.5. The first kappa shape index (κ1) is 12.6. The third-order valence-corrected chi connectivity index (χ3v) is 3.19. The van der Waals surface area contributed by atoms with Crippen LogP contribution >= 0.6 is 0 Å². The molecule has 18 heavy (non-hydrogen) atoms. The second-order valence-corrected chi connectivity index (χ2v) is 4.97. The zero-order valence-corrected chi connectivity index (χ0v) is 11.0. The quantitative estimate of drug-likeness (QED) is 0.902. The zero-order valence-electron chi connectivity index (χ0n) is 11.0. The van der Waals surface area contributed by atoms with Gasteiger partial charge >= 0.3 is 5.97 Å². The van der Waals surface area contributed by atoms with Crippen molar-refractivity contribution in [2.45, 2.75) is 39.2 Å². The van der Waals surface area contributed by atoms with Gasteiger partial charge in [-0.3, -0.25) is 0 Å². The molecule has 4 heteroatoms. The summed E-state index contributed by atoms with van der Waals surface area (Å²) in [6.45, 7) is 5.49. The maximum atomic E-state index is 11.5. The predicted molar refractivity (Wildman–Crippen MR) is 70.7 cm³/mol. The van der Waals surface area contributed by atoms with Crippen LogP contribution in [0.1, 0.15) is 33.0 Å². The number of aliphatic carboxylic acids is 1. The van der Waals surface area contributed by atoms with Gasteiger partial charge in [0, 0.05) is 6.42 Å². The molecule has 96 valence electrons. The lowest BCUT2D eigenvalue weighted by Gasteiger charge is -2.24. The summed E-state index contributed by atoms with van der Waals surface area (Å²) in [5.41, 5.74) is 0.754. The Hall–Kier alpha value is -1.84. The number of para-hydroxylation sites is 2. The SMILES string of the molecule is CCCc1nc2ccccc2n1C(C)(C)C(=O)O. The molecule has 1 heterocycles. The summed E-state index contributed by atoms with van der Waals surface area (Å²) in [6, 6.07) is 7.67. The van der Waals surface area contributed by atoms with Gasteiger partial charge in [-0.2, -0.15) is 0 Å². The van der Waals surface area contributed by atoms with E-state index in [1.807, 2.05) is 28.8 Å². The van der Waals surface area contributed by atoms with E-state index in [2.05, 4.69) is 11.9 Å². The summed E-state index contributed by atoms with van der Waals surface area (Å²) >= 11 is 0. The highest BCUT2D eigenvalue weighted by Gasteiger charge is 2.32. The molecule has 0 aliphatic rings. The van der Waals surface area contributed by atoms with E-state index in [4.69, 9.17) is 0 Å². The number of nitrogens with zero attached hydrogens (tertiary/aromatic N) is 2. The van der Waals surface area contributed by atoms with E-state index >= 15 is 0 Å². The second-order valence-electron chi connectivity index (χ2n) is 4.97. The number of fused-ring (bicyclic) bond motifs is 1. The molecule has 0 aliphatic carbocycles. The van der Waals surface area contributed by atoms with Crippen LogP contribution < -0.4 is 0 Å². The summed E-state index contributed by atoms with van der Waals surface area (Å²) < 4.78 is 1.84. The van der Waals surface area contributed by atoms with Crippen LogP contribution in [0.15, 0.2) is 24.3 Å². The van der Waals surface area contributed by atoms with E-state index in [9.17, 15) is 9.90 Å². The van der Waals surface area contributed by atoms with Gasteiger partial charge in [-0.15, -0.1) is 0 Å². The molecule has 0 spiro atoms. The van der Waals surface area contributed by atoms with Gasteiger partial charge in [0.25, 0.3) is 0 Å². The number of rotatable bonds is 4. The number of carboxylic acids is 1. The first-order valence-corrected chi connectivity index (χ1v) is 6.18. The Morgan fingerprint density at radius 1 is 1.39 bits per heavy atom. The Morgan fingerprint density at radius 3 is 2.67 bits per heavy atom. The van der Waals surface area contributed by atoms with Gasteiger partial charge < -0.3 is 9.67 Å². The van der Waals surface area contributed by atoms with Crippen LogP contribution in [0.25, 0.3) is 11.0 Å². The lowest BCUT2D eigenvalue weighted by Crippen LogP contribution is -2.36. The molecular weight excluding hydrogens is 228 g/mol. The Balaban J connectivity index is 2.73. The van der Waals surface area contributed by atoms with Crippen LogP contribution in [0, 0.1) is 0 Å². The number of carbonyl (C=O) groups is 1. The highest BCUT2D eigenvalue weighted by Crippen LogP contribution is 2.26. The van der Waals surface area contributed by atoms with Crippen molar-refractivity contribution in [3.63, 3.8) is 0 Å². The number of aromatic nitrogens is 2. The summed E-state index contributed by atoms with van der Waals surface area (Å²) in [7, 11) is 0. The van der Waals surface area contributed by atoms with Crippen molar-refractivity contribution in [2.24, 2.45) is 0 Å². The molecule has 0 amide bonds. The lowest BCUT2D eigenvalue weighted by atomic mass is 10.0. The molecule has 0 unspecified atom stereocenters. The first-order chi connectivity index (χ1) is 8.48. The average molecular weight is 246 g/mol. The molecule has 0 bridgehead atoms. The lowest BCUT2D eigenvalue weighted by molar-refractivity contribution is -0.145. The standard InChI is InChI=1S/C14H18N2O2/c1-4-7-12-15-10-8-5-6-9-11(10)16(12)14(2,3)13(17)18/h5-6,8-9H,4,7H2,1-3H3,(H,17,18). The molecule has 1 N–H and O–H groups in total. The van der Waals surface area contributed by atoms with Gasteiger partial charge in [0.2, 0.25) is 0 Å². The molecule has 0 saturated heterocycles. The zero-order chi connectivity index (χ0) is 13.3. The Morgan fingerprint density at radius 2 is 2.06 bits per heavy atom. The number of hydrogen-bond acceptors (Lipinski definition) is 2. The fraction of sp³-hybridized carbons (Fsp3) is 0.429. The third-order valence-electron chi connectivity index (χ3n) is 3.19. The van der Waals surface area contributed by atoms with Crippen LogP contribution in [-0.2, 0) is 16.8 Å². The minimum Gasteiger partial charge on any atom is -0.480 e. The van der Waals surface area contributed by atoms with Gasteiger partial charge in [0.15, 0.2) is 0 Å².